The molecule has 8 nitrogen and oxygen atoms in total. The number of guanidine groups is 1. The van der Waals surface area contributed by atoms with E-state index in [1.54, 1.807) is 12.1 Å². The third-order valence-corrected chi connectivity index (χ3v) is 4.61. The summed E-state index contributed by atoms with van der Waals surface area (Å²) < 4.78 is 20.1. The second-order valence-electron chi connectivity index (χ2n) is 6.63. The lowest BCUT2D eigenvalue weighted by atomic mass is 10.0. The summed E-state index contributed by atoms with van der Waals surface area (Å²) in [5, 5.41) is 8.43. The number of nitrogens with zero attached hydrogens (tertiary/aromatic N) is 3. The lowest BCUT2D eigenvalue weighted by Crippen LogP contribution is -2.45. The Balaban J connectivity index is 1.71. The number of anilines is 1. The second kappa shape index (κ2) is 10.2. The summed E-state index contributed by atoms with van der Waals surface area (Å²) in [6.07, 6.45) is -0.303. The molecular formula is C21H23FN6O2. The summed E-state index contributed by atoms with van der Waals surface area (Å²) >= 11 is 0. The van der Waals surface area contributed by atoms with Gasteiger partial charge in [-0.3, -0.25) is 15.6 Å². The van der Waals surface area contributed by atoms with Crippen LogP contribution in [0.5, 0.6) is 0 Å². The number of hydrazine groups is 1. The molecule has 0 aromatic heterocycles. The molecule has 0 saturated carbocycles. The molecule has 0 radical (unpaired) electrons. The molecule has 1 amide bonds. The van der Waals surface area contributed by atoms with Gasteiger partial charge in [-0.15, -0.1) is 0 Å². The maximum Gasteiger partial charge on any atom is 0.252 e. The van der Waals surface area contributed by atoms with E-state index < -0.39 is 11.7 Å². The smallest absolute Gasteiger partial charge is 0.252 e. The first-order valence-electron chi connectivity index (χ1n) is 9.50. The molecule has 1 fully saturated rings. The first kappa shape index (κ1) is 21.1. The van der Waals surface area contributed by atoms with Gasteiger partial charge in [-0.25, -0.2) is 9.38 Å². The molecule has 1 saturated heterocycles. The van der Waals surface area contributed by atoms with Gasteiger partial charge < -0.3 is 15.4 Å². The SMILES string of the molecule is N#CCC(=O)NNC(N)=NCc1ccc(-c2ccccc2N2CCOCC2)cc1F. The summed E-state index contributed by atoms with van der Waals surface area (Å²) in [4.78, 5) is 17.5. The normalized spacial score (nSPS) is 14.1. The predicted octanol–water partition coefficient (Wildman–Crippen LogP) is 1.68. The number of nitriles is 1. The Morgan fingerprint density at radius 1 is 1.23 bits per heavy atom. The number of rotatable bonds is 5. The number of nitrogens with two attached hydrogens (primary N) is 1. The fourth-order valence-corrected chi connectivity index (χ4v) is 3.10. The van der Waals surface area contributed by atoms with Gasteiger partial charge in [0, 0.05) is 29.9 Å². The third-order valence-electron chi connectivity index (χ3n) is 4.61. The number of benzene rings is 2. The summed E-state index contributed by atoms with van der Waals surface area (Å²) in [6, 6.07) is 14.6. The lowest BCUT2D eigenvalue weighted by Gasteiger charge is -2.30. The zero-order chi connectivity index (χ0) is 21.3. The van der Waals surface area contributed by atoms with Gasteiger partial charge in [0.1, 0.15) is 12.2 Å². The molecule has 156 valence electrons. The molecule has 30 heavy (non-hydrogen) atoms. The number of hydrogen-bond donors (Lipinski definition) is 3. The average molecular weight is 410 g/mol. The molecule has 0 aliphatic carbocycles. The Morgan fingerprint density at radius 3 is 2.73 bits per heavy atom. The number of carbonyl (C=O) groups is 1. The zero-order valence-corrected chi connectivity index (χ0v) is 16.4. The zero-order valence-electron chi connectivity index (χ0n) is 16.4. The minimum atomic E-state index is -0.537. The van der Waals surface area contributed by atoms with E-state index in [1.807, 2.05) is 30.3 Å². The van der Waals surface area contributed by atoms with E-state index in [-0.39, 0.29) is 18.9 Å². The van der Waals surface area contributed by atoms with Crippen LogP contribution < -0.4 is 21.5 Å². The predicted molar refractivity (Wildman–Crippen MR) is 112 cm³/mol. The second-order valence-corrected chi connectivity index (χ2v) is 6.63. The lowest BCUT2D eigenvalue weighted by molar-refractivity contribution is -0.120. The van der Waals surface area contributed by atoms with E-state index in [2.05, 4.69) is 20.7 Å². The van der Waals surface area contributed by atoms with E-state index in [9.17, 15) is 9.18 Å². The summed E-state index contributed by atoms with van der Waals surface area (Å²) in [6.45, 7) is 2.94. The van der Waals surface area contributed by atoms with Crippen molar-refractivity contribution >= 4 is 17.6 Å². The van der Waals surface area contributed by atoms with Crippen LogP contribution in [-0.2, 0) is 16.1 Å². The van der Waals surface area contributed by atoms with E-state index in [4.69, 9.17) is 15.7 Å². The van der Waals surface area contributed by atoms with Crippen molar-refractivity contribution in [2.75, 3.05) is 31.2 Å². The van der Waals surface area contributed by atoms with Gasteiger partial charge in [-0.1, -0.05) is 30.3 Å². The van der Waals surface area contributed by atoms with Gasteiger partial charge >= 0.3 is 0 Å². The molecule has 1 aliphatic rings. The fourth-order valence-electron chi connectivity index (χ4n) is 3.10. The summed E-state index contributed by atoms with van der Waals surface area (Å²) in [5.41, 5.74) is 13.4. The molecule has 1 aliphatic heterocycles. The molecule has 1 heterocycles. The van der Waals surface area contributed by atoms with Crippen molar-refractivity contribution in [2.45, 2.75) is 13.0 Å². The first-order chi connectivity index (χ1) is 14.6. The van der Waals surface area contributed by atoms with Crippen LogP contribution in [0.1, 0.15) is 12.0 Å². The van der Waals surface area contributed by atoms with Crippen molar-refractivity contribution in [2.24, 2.45) is 10.7 Å². The molecule has 4 N–H and O–H groups in total. The Morgan fingerprint density at radius 2 is 2.00 bits per heavy atom. The van der Waals surface area contributed by atoms with Crippen LogP contribution in [0.2, 0.25) is 0 Å². The van der Waals surface area contributed by atoms with Crippen LogP contribution in [0.25, 0.3) is 11.1 Å². The first-order valence-corrected chi connectivity index (χ1v) is 9.50. The summed E-state index contributed by atoms with van der Waals surface area (Å²) in [5.74, 6) is -1.01. The molecule has 0 atom stereocenters. The van der Waals surface area contributed by atoms with Crippen molar-refractivity contribution in [1.29, 1.82) is 5.26 Å². The number of para-hydroxylation sites is 1. The van der Waals surface area contributed by atoms with Crippen molar-refractivity contribution in [1.82, 2.24) is 10.9 Å². The standard InChI is InChI=1S/C21H23FN6O2/c22-18-13-15(17-3-1-2-4-19(17)28-9-11-30-12-10-28)5-6-16(18)14-25-21(24)27-26-20(29)7-8-23/h1-6,13H,7,9-12,14H2,(H,26,29)(H3,24,25,27). The topological polar surface area (TPSA) is 116 Å². The Hall–Kier alpha value is -3.64. The Labute approximate surface area is 174 Å². The van der Waals surface area contributed by atoms with E-state index >= 15 is 0 Å². The monoisotopic (exact) mass is 410 g/mol. The highest BCUT2D eigenvalue weighted by Crippen LogP contribution is 2.32. The molecule has 0 bridgehead atoms. The van der Waals surface area contributed by atoms with Gasteiger partial charge in [-0.2, -0.15) is 5.26 Å². The Bertz CT molecular complexity index is 966. The average Bonchev–Trinajstić information content (AvgIpc) is 2.77. The van der Waals surface area contributed by atoms with Gasteiger partial charge in [-0.05, 0) is 17.7 Å². The van der Waals surface area contributed by atoms with Crippen LogP contribution in [0.3, 0.4) is 0 Å². The number of nitrogens with one attached hydrogen (secondary N) is 2. The van der Waals surface area contributed by atoms with E-state index in [1.165, 1.54) is 6.07 Å². The third kappa shape index (κ3) is 5.46. The van der Waals surface area contributed by atoms with Crippen LogP contribution in [0, 0.1) is 17.1 Å². The van der Waals surface area contributed by atoms with Gasteiger partial charge in [0.05, 0.1) is 25.8 Å². The highest BCUT2D eigenvalue weighted by atomic mass is 19.1. The van der Waals surface area contributed by atoms with Crippen LogP contribution in [0.15, 0.2) is 47.5 Å². The quantitative estimate of drug-likeness (QED) is 0.392. The van der Waals surface area contributed by atoms with E-state index in [0.29, 0.717) is 18.8 Å². The molecule has 2 aromatic carbocycles. The van der Waals surface area contributed by atoms with Crippen molar-refractivity contribution < 1.29 is 13.9 Å². The van der Waals surface area contributed by atoms with Crippen LogP contribution in [-0.4, -0.2) is 38.2 Å². The number of morpholine rings is 1. The van der Waals surface area contributed by atoms with Crippen molar-refractivity contribution in [3.05, 3.63) is 53.8 Å². The van der Waals surface area contributed by atoms with Gasteiger partial charge in [0.25, 0.3) is 5.91 Å². The van der Waals surface area contributed by atoms with Gasteiger partial charge in [0.15, 0.2) is 0 Å². The van der Waals surface area contributed by atoms with Crippen LogP contribution in [0.4, 0.5) is 10.1 Å². The maximum atomic E-state index is 14.7. The highest BCUT2D eigenvalue weighted by molar-refractivity contribution is 5.84. The Kier molecular flexibility index (Phi) is 7.19. The van der Waals surface area contributed by atoms with Gasteiger partial charge in [0.2, 0.25) is 5.96 Å². The number of halogens is 1. The molecule has 3 rings (SSSR count). The number of amides is 1. The molecular weight excluding hydrogens is 387 g/mol. The van der Waals surface area contributed by atoms with E-state index in [0.717, 1.165) is 29.9 Å². The molecule has 9 heteroatoms. The minimum absolute atomic E-state index is 0.00414. The number of carbonyl (C=O) groups excluding carboxylic acids is 1. The summed E-state index contributed by atoms with van der Waals surface area (Å²) in [7, 11) is 0. The van der Waals surface area contributed by atoms with Crippen LogP contribution >= 0.6 is 0 Å². The van der Waals surface area contributed by atoms with Crippen molar-refractivity contribution in [3.8, 4) is 17.2 Å². The molecule has 2 aromatic rings. The number of aliphatic imine (C=N–C) groups is 1. The van der Waals surface area contributed by atoms with Crippen molar-refractivity contribution in [3.63, 3.8) is 0 Å². The molecule has 0 spiro atoms. The largest absolute Gasteiger partial charge is 0.378 e. The minimum Gasteiger partial charge on any atom is -0.378 e. The molecule has 0 unspecified atom stereocenters. The number of ether oxygens (including phenoxy) is 1. The maximum absolute atomic E-state index is 14.7. The number of hydrogen-bond acceptors (Lipinski definition) is 5. The highest BCUT2D eigenvalue weighted by Gasteiger charge is 2.16. The fraction of sp³-hybridized carbons (Fsp3) is 0.286.